The van der Waals surface area contributed by atoms with Crippen molar-refractivity contribution < 1.29 is 14.6 Å². The summed E-state index contributed by atoms with van der Waals surface area (Å²) in [5.41, 5.74) is 1.23. The van der Waals surface area contributed by atoms with Crippen LogP contribution < -0.4 is 4.74 Å². The van der Waals surface area contributed by atoms with Crippen LogP contribution in [0.4, 0.5) is 0 Å². The standard InChI is InChI=1S/C28H39N3O3/c1-27(33)13-11-18-17(15-27)7-8-20-19(18)12-14-28(2)21(20)9-10-22(28)24(32)16-31-23-5-4-6-25(34-3)26(23)29-30-31/h4-6,17-22,33H,7-16H2,1-3H3. The normalized spacial score (nSPS) is 41.5. The molecule has 34 heavy (non-hydrogen) atoms. The number of carbonyl (C=O) groups excluding carboxylic acids is 1. The zero-order chi connectivity index (χ0) is 23.7. The SMILES string of the molecule is COc1cccc2c1nnn2CC(=O)C1CCC2C3CCC4CC(C)(O)CCC4C3CCC12C. The van der Waals surface area contributed by atoms with E-state index < -0.39 is 5.60 Å². The summed E-state index contributed by atoms with van der Waals surface area (Å²) in [6.45, 7) is 4.75. The summed E-state index contributed by atoms with van der Waals surface area (Å²) in [4.78, 5) is 13.7. The van der Waals surface area contributed by atoms with Gasteiger partial charge in [-0.15, -0.1) is 5.10 Å². The number of rotatable bonds is 4. The molecule has 0 spiro atoms. The van der Waals surface area contributed by atoms with Crippen molar-refractivity contribution in [3.63, 3.8) is 0 Å². The van der Waals surface area contributed by atoms with E-state index in [-0.39, 0.29) is 11.3 Å². The number of ether oxygens (including phenoxy) is 1. The molecule has 0 radical (unpaired) electrons. The first-order valence-corrected chi connectivity index (χ1v) is 13.4. The summed E-state index contributed by atoms with van der Waals surface area (Å²) in [7, 11) is 1.64. The highest BCUT2D eigenvalue weighted by Crippen LogP contribution is 2.64. The van der Waals surface area contributed by atoms with Gasteiger partial charge in [0.1, 0.15) is 12.3 Å². The Bertz CT molecular complexity index is 1090. The predicted octanol–water partition coefficient (Wildman–Crippen LogP) is 5.03. The van der Waals surface area contributed by atoms with Gasteiger partial charge in [0.25, 0.3) is 0 Å². The summed E-state index contributed by atoms with van der Waals surface area (Å²) in [6.07, 6.45) is 10.3. The number of hydrogen-bond donors (Lipinski definition) is 1. The molecule has 0 aliphatic heterocycles. The highest BCUT2D eigenvalue weighted by molar-refractivity contribution is 5.85. The molecule has 6 nitrogen and oxygen atoms in total. The second kappa shape index (κ2) is 8.04. The van der Waals surface area contributed by atoms with Gasteiger partial charge >= 0.3 is 0 Å². The number of aliphatic hydroxyl groups is 1. The van der Waals surface area contributed by atoms with Crippen molar-refractivity contribution in [2.45, 2.75) is 83.8 Å². The largest absolute Gasteiger partial charge is 0.494 e. The minimum Gasteiger partial charge on any atom is -0.494 e. The molecule has 4 saturated carbocycles. The maximum absolute atomic E-state index is 13.7. The van der Waals surface area contributed by atoms with Gasteiger partial charge < -0.3 is 9.84 Å². The van der Waals surface area contributed by atoms with E-state index in [4.69, 9.17) is 4.74 Å². The number of methoxy groups -OCH3 is 1. The highest BCUT2D eigenvalue weighted by Gasteiger charge is 2.58. The number of fused-ring (bicyclic) bond motifs is 6. The van der Waals surface area contributed by atoms with E-state index in [1.54, 1.807) is 11.8 Å². The van der Waals surface area contributed by atoms with Crippen LogP contribution in [0, 0.1) is 40.9 Å². The van der Waals surface area contributed by atoms with Gasteiger partial charge in [0.2, 0.25) is 0 Å². The highest BCUT2D eigenvalue weighted by atomic mass is 16.5. The van der Waals surface area contributed by atoms with Gasteiger partial charge in [-0.3, -0.25) is 4.79 Å². The Morgan fingerprint density at radius 2 is 1.91 bits per heavy atom. The Hall–Kier alpha value is -1.95. The van der Waals surface area contributed by atoms with Crippen LogP contribution in [0.15, 0.2) is 18.2 Å². The minimum absolute atomic E-state index is 0.110. The van der Waals surface area contributed by atoms with Crippen LogP contribution in [-0.4, -0.2) is 38.6 Å². The van der Waals surface area contributed by atoms with Gasteiger partial charge in [-0.1, -0.05) is 18.2 Å². The topological polar surface area (TPSA) is 77.2 Å². The summed E-state index contributed by atoms with van der Waals surface area (Å²) in [5, 5.41) is 19.2. The molecule has 4 fully saturated rings. The van der Waals surface area contributed by atoms with Crippen LogP contribution in [0.5, 0.6) is 5.75 Å². The number of carbonyl (C=O) groups is 1. The second-order valence-corrected chi connectivity index (χ2v) is 12.4. The number of benzene rings is 1. The number of hydrogen-bond acceptors (Lipinski definition) is 5. The Morgan fingerprint density at radius 3 is 2.74 bits per heavy atom. The molecule has 0 saturated heterocycles. The number of aromatic nitrogens is 3. The van der Waals surface area contributed by atoms with E-state index in [9.17, 15) is 9.90 Å². The maximum atomic E-state index is 13.7. The lowest BCUT2D eigenvalue weighted by atomic mass is 9.49. The molecule has 0 amide bonds. The molecule has 1 heterocycles. The van der Waals surface area contributed by atoms with E-state index in [0.29, 0.717) is 29.9 Å². The van der Waals surface area contributed by atoms with Gasteiger partial charge in [0.15, 0.2) is 11.3 Å². The monoisotopic (exact) mass is 465 g/mol. The molecule has 1 N–H and O–H groups in total. The lowest BCUT2D eigenvalue weighted by Crippen LogP contribution is -2.51. The molecule has 1 aromatic carbocycles. The van der Waals surface area contributed by atoms with Gasteiger partial charge in [-0.25, -0.2) is 4.68 Å². The van der Waals surface area contributed by atoms with Crippen molar-refractivity contribution in [3.8, 4) is 5.75 Å². The van der Waals surface area contributed by atoms with Crippen LogP contribution in [0.2, 0.25) is 0 Å². The quantitative estimate of drug-likeness (QED) is 0.685. The van der Waals surface area contributed by atoms with E-state index in [1.165, 1.54) is 38.5 Å². The van der Waals surface area contributed by atoms with E-state index in [2.05, 4.69) is 17.2 Å². The molecule has 2 aromatic rings. The molecule has 1 aromatic heterocycles. The van der Waals surface area contributed by atoms with Crippen LogP contribution in [0.3, 0.4) is 0 Å². The summed E-state index contributed by atoms with van der Waals surface area (Å²) >= 11 is 0. The average Bonchev–Trinajstić information content (AvgIpc) is 3.38. The van der Waals surface area contributed by atoms with Crippen molar-refractivity contribution in [2.75, 3.05) is 7.11 Å². The Kier molecular flexibility index (Phi) is 5.32. The van der Waals surface area contributed by atoms with E-state index in [0.717, 1.165) is 48.0 Å². The Balaban J connectivity index is 1.20. The number of nitrogens with zero attached hydrogens (tertiary/aromatic N) is 3. The molecule has 0 bridgehead atoms. The molecule has 6 rings (SSSR count). The van der Waals surface area contributed by atoms with Crippen molar-refractivity contribution >= 4 is 16.8 Å². The minimum atomic E-state index is -0.461. The van der Waals surface area contributed by atoms with Gasteiger partial charge in [0.05, 0.1) is 18.2 Å². The third-order valence-electron chi connectivity index (χ3n) is 10.7. The average molecular weight is 466 g/mol. The molecular weight excluding hydrogens is 426 g/mol. The maximum Gasteiger partial charge on any atom is 0.157 e. The smallest absolute Gasteiger partial charge is 0.157 e. The summed E-state index contributed by atoms with van der Waals surface area (Å²) < 4.78 is 7.18. The fourth-order valence-electron chi connectivity index (χ4n) is 9.12. The zero-order valence-electron chi connectivity index (χ0n) is 20.9. The van der Waals surface area contributed by atoms with Gasteiger partial charge in [-0.05, 0) is 112 Å². The predicted molar refractivity (Wildman–Crippen MR) is 130 cm³/mol. The third-order valence-corrected chi connectivity index (χ3v) is 10.7. The third kappa shape index (κ3) is 3.42. The zero-order valence-corrected chi connectivity index (χ0v) is 20.9. The molecule has 4 aliphatic rings. The molecule has 8 unspecified atom stereocenters. The van der Waals surface area contributed by atoms with Crippen molar-refractivity contribution in [1.82, 2.24) is 15.0 Å². The van der Waals surface area contributed by atoms with Crippen molar-refractivity contribution in [2.24, 2.45) is 40.9 Å². The molecule has 4 aliphatic carbocycles. The van der Waals surface area contributed by atoms with Gasteiger partial charge in [0, 0.05) is 5.92 Å². The van der Waals surface area contributed by atoms with Crippen LogP contribution in [-0.2, 0) is 11.3 Å². The van der Waals surface area contributed by atoms with Crippen LogP contribution in [0.1, 0.15) is 71.6 Å². The van der Waals surface area contributed by atoms with Crippen LogP contribution in [0.25, 0.3) is 11.0 Å². The Labute approximate surface area is 202 Å². The van der Waals surface area contributed by atoms with Crippen molar-refractivity contribution in [1.29, 1.82) is 0 Å². The molecule has 184 valence electrons. The molecular formula is C28H39N3O3. The fraction of sp³-hybridized carbons (Fsp3) is 0.750. The van der Waals surface area contributed by atoms with Crippen molar-refractivity contribution in [3.05, 3.63) is 18.2 Å². The fourth-order valence-corrected chi connectivity index (χ4v) is 9.12. The second-order valence-electron chi connectivity index (χ2n) is 12.4. The lowest BCUT2D eigenvalue weighted by molar-refractivity contribution is -0.133. The molecule has 6 heteroatoms. The molecule has 8 atom stereocenters. The van der Waals surface area contributed by atoms with Gasteiger partial charge in [-0.2, -0.15) is 0 Å². The summed E-state index contributed by atoms with van der Waals surface area (Å²) in [5.74, 6) is 4.85. The first kappa shape index (κ1) is 22.5. The number of Topliss-reactive ketones (excluding diaryl/α,β-unsaturated/α-hetero) is 1. The first-order chi connectivity index (χ1) is 16.3. The van der Waals surface area contributed by atoms with E-state index >= 15 is 0 Å². The lowest BCUT2D eigenvalue weighted by Gasteiger charge is -2.56. The van der Waals surface area contributed by atoms with Crippen LogP contribution >= 0.6 is 0 Å². The Morgan fingerprint density at radius 1 is 1.09 bits per heavy atom. The number of ketones is 1. The van der Waals surface area contributed by atoms with E-state index in [1.807, 2.05) is 25.1 Å². The summed E-state index contributed by atoms with van der Waals surface area (Å²) in [6, 6.07) is 5.78. The first-order valence-electron chi connectivity index (χ1n) is 13.4.